The van der Waals surface area contributed by atoms with E-state index < -0.39 is 35.5 Å². The summed E-state index contributed by atoms with van der Waals surface area (Å²) in [5, 5.41) is 18.8. The van der Waals surface area contributed by atoms with Gasteiger partial charge in [-0.25, -0.2) is 8.78 Å². The highest BCUT2D eigenvalue weighted by molar-refractivity contribution is 5.71. The molecule has 2 N–H and O–H groups in total. The molecule has 0 amide bonds. The number of carboxylic acid groups (broad SMARTS) is 1. The van der Waals surface area contributed by atoms with Crippen LogP contribution in [0.1, 0.15) is 25.5 Å². The van der Waals surface area contributed by atoms with Gasteiger partial charge in [0.1, 0.15) is 11.6 Å². The number of benzene rings is 1. The summed E-state index contributed by atoms with van der Waals surface area (Å²) in [6, 6.07) is 2.60. The van der Waals surface area contributed by atoms with Gasteiger partial charge in [-0.15, -0.1) is 0 Å². The van der Waals surface area contributed by atoms with Gasteiger partial charge in [0.2, 0.25) is 0 Å². The first-order valence-corrected chi connectivity index (χ1v) is 5.20. The number of aliphatic carboxylic acids is 1. The number of aliphatic hydroxyl groups excluding tert-OH is 1. The normalized spacial score (nSPS) is 14.7. The van der Waals surface area contributed by atoms with Gasteiger partial charge in [0.25, 0.3) is 0 Å². The molecule has 0 radical (unpaired) electrons. The lowest BCUT2D eigenvalue weighted by Crippen LogP contribution is -2.27. The number of carbonyl (C=O) groups is 1. The molecular weight excluding hydrogens is 230 g/mol. The molecule has 0 heterocycles. The molecule has 0 fully saturated rings. The number of aliphatic hydroxyl groups is 1. The van der Waals surface area contributed by atoms with Crippen LogP contribution in [0.3, 0.4) is 0 Å². The van der Waals surface area contributed by atoms with Crippen LogP contribution in [0.2, 0.25) is 0 Å². The van der Waals surface area contributed by atoms with Crippen molar-refractivity contribution >= 4 is 5.97 Å². The number of hydrogen-bond donors (Lipinski definition) is 2. The van der Waals surface area contributed by atoms with E-state index in [4.69, 9.17) is 5.11 Å². The lowest BCUT2D eigenvalue weighted by atomic mass is 9.86. The van der Waals surface area contributed by atoms with Crippen LogP contribution in [0.4, 0.5) is 8.78 Å². The Hall–Kier alpha value is -1.49. The molecule has 0 aliphatic carbocycles. The molecule has 3 nitrogen and oxygen atoms in total. The van der Waals surface area contributed by atoms with E-state index in [9.17, 15) is 18.7 Å². The number of rotatable bonds is 4. The molecule has 1 rings (SSSR count). The molecule has 0 aliphatic rings. The Labute approximate surface area is 97.7 Å². The van der Waals surface area contributed by atoms with Crippen LogP contribution in [0, 0.1) is 23.5 Å². The summed E-state index contributed by atoms with van der Waals surface area (Å²) in [5.74, 6) is -4.34. The van der Waals surface area contributed by atoms with Crippen molar-refractivity contribution < 1.29 is 23.8 Å². The fourth-order valence-electron chi connectivity index (χ4n) is 1.72. The SMILES string of the molecule is CC(C)C(C(=O)O)C(O)c1cc(F)ccc1F. The van der Waals surface area contributed by atoms with Gasteiger partial charge in [-0.3, -0.25) is 4.79 Å². The van der Waals surface area contributed by atoms with E-state index in [-0.39, 0.29) is 5.56 Å². The second kappa shape index (κ2) is 5.23. The Morgan fingerprint density at radius 2 is 1.88 bits per heavy atom. The van der Waals surface area contributed by atoms with Gasteiger partial charge in [0.15, 0.2) is 0 Å². The van der Waals surface area contributed by atoms with E-state index in [1.807, 2.05) is 0 Å². The minimum atomic E-state index is -1.57. The van der Waals surface area contributed by atoms with Crippen molar-refractivity contribution in [2.24, 2.45) is 11.8 Å². The van der Waals surface area contributed by atoms with E-state index in [0.29, 0.717) is 0 Å². The van der Waals surface area contributed by atoms with Crippen molar-refractivity contribution in [1.29, 1.82) is 0 Å². The lowest BCUT2D eigenvalue weighted by Gasteiger charge is -2.23. The highest BCUT2D eigenvalue weighted by Gasteiger charge is 2.32. The molecule has 0 spiro atoms. The monoisotopic (exact) mass is 244 g/mol. The van der Waals surface area contributed by atoms with Gasteiger partial charge >= 0.3 is 5.97 Å². The maximum Gasteiger partial charge on any atom is 0.309 e. The zero-order valence-electron chi connectivity index (χ0n) is 9.52. The number of carboxylic acids is 1. The Bertz CT molecular complexity index is 418. The largest absolute Gasteiger partial charge is 0.481 e. The maximum absolute atomic E-state index is 13.4. The lowest BCUT2D eigenvalue weighted by molar-refractivity contribution is -0.148. The van der Waals surface area contributed by atoms with Crippen LogP contribution < -0.4 is 0 Å². The van der Waals surface area contributed by atoms with Crippen molar-refractivity contribution in [3.05, 3.63) is 35.4 Å². The predicted octanol–water partition coefficient (Wildman–Crippen LogP) is 2.36. The first-order chi connectivity index (χ1) is 7.84. The minimum absolute atomic E-state index is 0.328. The van der Waals surface area contributed by atoms with Crippen molar-refractivity contribution in [2.45, 2.75) is 20.0 Å². The zero-order chi connectivity index (χ0) is 13.2. The number of hydrogen-bond acceptors (Lipinski definition) is 2. The second-order valence-corrected chi connectivity index (χ2v) is 4.22. The quantitative estimate of drug-likeness (QED) is 0.854. The van der Waals surface area contributed by atoms with Gasteiger partial charge in [0, 0.05) is 5.56 Å². The van der Waals surface area contributed by atoms with Crippen molar-refractivity contribution in [3.63, 3.8) is 0 Å². The summed E-state index contributed by atoms with van der Waals surface area (Å²) in [6.07, 6.45) is -1.57. The third-order valence-electron chi connectivity index (χ3n) is 2.62. The molecule has 2 atom stereocenters. The Balaban J connectivity index is 3.13. The minimum Gasteiger partial charge on any atom is -0.481 e. The second-order valence-electron chi connectivity index (χ2n) is 4.22. The molecule has 0 aliphatic heterocycles. The molecule has 94 valence electrons. The molecule has 0 aromatic heterocycles. The summed E-state index contributed by atoms with van der Waals surface area (Å²) in [5.41, 5.74) is -0.328. The van der Waals surface area contributed by atoms with E-state index in [1.165, 1.54) is 0 Å². The van der Waals surface area contributed by atoms with Gasteiger partial charge in [-0.2, -0.15) is 0 Å². The third-order valence-corrected chi connectivity index (χ3v) is 2.62. The predicted molar refractivity (Wildman–Crippen MR) is 57.3 cm³/mol. The Morgan fingerprint density at radius 1 is 1.29 bits per heavy atom. The molecule has 17 heavy (non-hydrogen) atoms. The van der Waals surface area contributed by atoms with Gasteiger partial charge in [-0.05, 0) is 24.1 Å². The van der Waals surface area contributed by atoms with E-state index in [0.717, 1.165) is 18.2 Å². The van der Waals surface area contributed by atoms with E-state index in [2.05, 4.69) is 0 Å². The summed E-state index contributed by atoms with van der Waals surface area (Å²) in [6.45, 7) is 3.19. The summed E-state index contributed by atoms with van der Waals surface area (Å²) < 4.78 is 26.3. The topological polar surface area (TPSA) is 57.5 Å². The van der Waals surface area contributed by atoms with Crippen LogP contribution in [0.5, 0.6) is 0 Å². The van der Waals surface area contributed by atoms with Gasteiger partial charge in [-0.1, -0.05) is 13.8 Å². The molecule has 1 aromatic carbocycles. The zero-order valence-corrected chi connectivity index (χ0v) is 9.52. The molecule has 1 aromatic rings. The molecule has 0 saturated carbocycles. The van der Waals surface area contributed by atoms with Crippen LogP contribution in [-0.2, 0) is 4.79 Å². The molecule has 0 bridgehead atoms. The first-order valence-electron chi connectivity index (χ1n) is 5.20. The molecular formula is C12H14F2O3. The van der Waals surface area contributed by atoms with Crippen LogP contribution in [-0.4, -0.2) is 16.2 Å². The van der Waals surface area contributed by atoms with Gasteiger partial charge in [0.05, 0.1) is 12.0 Å². The van der Waals surface area contributed by atoms with E-state index >= 15 is 0 Å². The fraction of sp³-hybridized carbons (Fsp3) is 0.417. The van der Waals surface area contributed by atoms with Crippen molar-refractivity contribution in [3.8, 4) is 0 Å². The summed E-state index contributed by atoms with van der Waals surface area (Å²) in [4.78, 5) is 11.0. The third kappa shape index (κ3) is 3.00. The van der Waals surface area contributed by atoms with Crippen molar-refractivity contribution in [2.75, 3.05) is 0 Å². The average molecular weight is 244 g/mol. The first kappa shape index (κ1) is 13.6. The summed E-state index contributed by atoms with van der Waals surface area (Å²) in [7, 11) is 0. The highest BCUT2D eigenvalue weighted by atomic mass is 19.1. The van der Waals surface area contributed by atoms with Crippen LogP contribution in [0.15, 0.2) is 18.2 Å². The number of halogens is 2. The molecule has 0 saturated heterocycles. The smallest absolute Gasteiger partial charge is 0.309 e. The fourth-order valence-corrected chi connectivity index (χ4v) is 1.72. The summed E-state index contributed by atoms with van der Waals surface area (Å²) >= 11 is 0. The maximum atomic E-state index is 13.4. The van der Waals surface area contributed by atoms with E-state index in [1.54, 1.807) is 13.8 Å². The standard InChI is InChI=1S/C12H14F2O3/c1-6(2)10(12(16)17)11(15)8-5-7(13)3-4-9(8)14/h3-6,10-11,15H,1-2H3,(H,16,17). The van der Waals surface area contributed by atoms with Gasteiger partial charge < -0.3 is 10.2 Å². The van der Waals surface area contributed by atoms with Crippen LogP contribution >= 0.6 is 0 Å². The Morgan fingerprint density at radius 3 is 2.35 bits per heavy atom. The van der Waals surface area contributed by atoms with Crippen LogP contribution in [0.25, 0.3) is 0 Å². The molecule has 2 unspecified atom stereocenters. The average Bonchev–Trinajstić information content (AvgIpc) is 2.20. The van der Waals surface area contributed by atoms with Crippen molar-refractivity contribution in [1.82, 2.24) is 0 Å². The molecule has 5 heteroatoms. The Kier molecular flexibility index (Phi) is 4.17. The highest BCUT2D eigenvalue weighted by Crippen LogP contribution is 2.30.